The molecule has 0 bridgehead atoms. The average Bonchev–Trinajstić information content (AvgIpc) is 2.62. The van der Waals surface area contributed by atoms with Crippen LogP contribution in [0, 0.1) is 10.1 Å². The standard InChI is InChI=1S/C19H18ClN3O2/c20-17-7-2-6-16(14-17)5-1-4-15-9-12-22(13-10-15)19-18(23(24)25)8-3-11-21-19/h1-8,11,14H,9-10,12-13H2/b5-1+. The minimum Gasteiger partial charge on any atom is -0.350 e. The number of allylic oxidation sites excluding steroid dienone is 2. The lowest BCUT2D eigenvalue weighted by atomic mass is 10.0. The Labute approximate surface area is 151 Å². The van der Waals surface area contributed by atoms with Crippen LogP contribution < -0.4 is 4.90 Å². The summed E-state index contributed by atoms with van der Waals surface area (Å²) in [7, 11) is 0. The van der Waals surface area contributed by atoms with Gasteiger partial charge in [-0.25, -0.2) is 4.98 Å². The highest BCUT2D eigenvalue weighted by atomic mass is 35.5. The van der Waals surface area contributed by atoms with E-state index in [0.717, 1.165) is 36.5 Å². The summed E-state index contributed by atoms with van der Waals surface area (Å²) in [6, 6.07) is 10.8. The van der Waals surface area contributed by atoms with Crippen molar-refractivity contribution in [3.05, 3.63) is 81.0 Å². The smallest absolute Gasteiger partial charge is 0.311 e. The third-order valence-corrected chi connectivity index (χ3v) is 4.37. The van der Waals surface area contributed by atoms with Gasteiger partial charge < -0.3 is 4.90 Å². The first-order chi connectivity index (χ1) is 12.1. The lowest BCUT2D eigenvalue weighted by molar-refractivity contribution is -0.384. The highest BCUT2D eigenvalue weighted by molar-refractivity contribution is 6.30. The Morgan fingerprint density at radius 3 is 2.72 bits per heavy atom. The maximum Gasteiger partial charge on any atom is 0.311 e. The largest absolute Gasteiger partial charge is 0.350 e. The van der Waals surface area contributed by atoms with Gasteiger partial charge in [-0.05, 0) is 36.6 Å². The van der Waals surface area contributed by atoms with E-state index in [1.165, 1.54) is 11.6 Å². The minimum atomic E-state index is -0.374. The van der Waals surface area contributed by atoms with Crippen molar-refractivity contribution < 1.29 is 4.92 Å². The van der Waals surface area contributed by atoms with E-state index < -0.39 is 0 Å². The number of piperidine rings is 1. The zero-order valence-electron chi connectivity index (χ0n) is 13.6. The number of benzene rings is 1. The summed E-state index contributed by atoms with van der Waals surface area (Å²) in [6.07, 6.45) is 9.50. The lowest BCUT2D eigenvalue weighted by Crippen LogP contribution is -2.31. The van der Waals surface area contributed by atoms with Crippen LogP contribution in [-0.2, 0) is 0 Å². The second kappa shape index (κ2) is 7.94. The van der Waals surface area contributed by atoms with E-state index in [0.29, 0.717) is 5.82 Å². The molecule has 1 aromatic heterocycles. The summed E-state index contributed by atoms with van der Waals surface area (Å²) >= 11 is 5.97. The molecule has 0 amide bonds. The van der Waals surface area contributed by atoms with Crippen LogP contribution >= 0.6 is 11.6 Å². The van der Waals surface area contributed by atoms with Crippen molar-refractivity contribution in [2.24, 2.45) is 0 Å². The van der Waals surface area contributed by atoms with Crippen molar-refractivity contribution in [3.8, 4) is 0 Å². The number of rotatable bonds is 4. The fourth-order valence-electron chi connectivity index (χ4n) is 2.85. The van der Waals surface area contributed by atoms with Crippen LogP contribution in [-0.4, -0.2) is 23.0 Å². The van der Waals surface area contributed by atoms with E-state index in [1.807, 2.05) is 41.3 Å². The van der Waals surface area contributed by atoms with Gasteiger partial charge in [0.1, 0.15) is 0 Å². The predicted molar refractivity (Wildman–Crippen MR) is 101 cm³/mol. The van der Waals surface area contributed by atoms with Gasteiger partial charge in [-0.15, -0.1) is 0 Å². The Morgan fingerprint density at radius 2 is 2.00 bits per heavy atom. The normalized spacial score (nSPS) is 14.8. The zero-order valence-corrected chi connectivity index (χ0v) is 14.4. The number of hydrogen-bond donors (Lipinski definition) is 0. The second-order valence-electron chi connectivity index (χ2n) is 5.83. The molecule has 25 heavy (non-hydrogen) atoms. The van der Waals surface area contributed by atoms with Gasteiger partial charge >= 0.3 is 5.69 Å². The van der Waals surface area contributed by atoms with E-state index in [1.54, 1.807) is 12.3 Å². The first-order valence-electron chi connectivity index (χ1n) is 8.09. The Bertz CT molecular complexity index is 823. The number of anilines is 1. The average molecular weight is 356 g/mol. The van der Waals surface area contributed by atoms with E-state index in [-0.39, 0.29) is 10.6 Å². The molecule has 1 aliphatic rings. The fraction of sp³-hybridized carbons (Fsp3) is 0.211. The molecular formula is C19H18ClN3O2. The molecular weight excluding hydrogens is 338 g/mol. The van der Waals surface area contributed by atoms with Crippen LogP contribution in [0.15, 0.2) is 60.3 Å². The van der Waals surface area contributed by atoms with Gasteiger partial charge in [-0.1, -0.05) is 47.5 Å². The van der Waals surface area contributed by atoms with Gasteiger partial charge in [0, 0.05) is 30.4 Å². The van der Waals surface area contributed by atoms with Gasteiger partial charge in [0.05, 0.1) is 4.92 Å². The monoisotopic (exact) mass is 355 g/mol. The first-order valence-corrected chi connectivity index (χ1v) is 8.47. The highest BCUT2D eigenvalue weighted by Crippen LogP contribution is 2.28. The Hall–Kier alpha value is -2.66. The van der Waals surface area contributed by atoms with Gasteiger partial charge in [-0.2, -0.15) is 0 Å². The Kier molecular flexibility index (Phi) is 5.46. The summed E-state index contributed by atoms with van der Waals surface area (Å²) in [5.74, 6) is 0.459. The van der Waals surface area contributed by atoms with Crippen molar-refractivity contribution in [3.63, 3.8) is 0 Å². The van der Waals surface area contributed by atoms with Crippen molar-refractivity contribution in [1.29, 1.82) is 0 Å². The van der Waals surface area contributed by atoms with Crippen molar-refractivity contribution in [1.82, 2.24) is 4.98 Å². The molecule has 0 radical (unpaired) electrons. The molecule has 1 aromatic carbocycles. The number of nitrogens with zero attached hydrogens (tertiary/aromatic N) is 3. The molecule has 1 saturated heterocycles. The van der Waals surface area contributed by atoms with Crippen LogP contribution in [0.1, 0.15) is 18.4 Å². The second-order valence-corrected chi connectivity index (χ2v) is 6.27. The number of pyridine rings is 1. The SMILES string of the molecule is O=[N+]([O-])c1cccnc1N1CCC(=C/C=C/c2cccc(Cl)c2)CC1. The Morgan fingerprint density at radius 1 is 1.20 bits per heavy atom. The summed E-state index contributed by atoms with van der Waals surface area (Å²) < 4.78 is 0. The predicted octanol–water partition coefficient (Wildman–Crippen LogP) is 4.88. The lowest BCUT2D eigenvalue weighted by Gasteiger charge is -2.28. The van der Waals surface area contributed by atoms with Gasteiger partial charge in [0.2, 0.25) is 5.82 Å². The number of halogens is 1. The van der Waals surface area contributed by atoms with Gasteiger partial charge in [0.15, 0.2) is 0 Å². The molecule has 0 saturated carbocycles. The maximum absolute atomic E-state index is 11.1. The van der Waals surface area contributed by atoms with Gasteiger partial charge in [0.25, 0.3) is 0 Å². The first kappa shape index (κ1) is 17.2. The maximum atomic E-state index is 11.1. The van der Waals surface area contributed by atoms with E-state index in [2.05, 4.69) is 11.1 Å². The van der Waals surface area contributed by atoms with Crippen LogP contribution in [0.25, 0.3) is 6.08 Å². The highest BCUT2D eigenvalue weighted by Gasteiger charge is 2.23. The van der Waals surface area contributed by atoms with Crippen LogP contribution in [0.3, 0.4) is 0 Å². The van der Waals surface area contributed by atoms with Crippen molar-refractivity contribution >= 4 is 29.2 Å². The zero-order chi connectivity index (χ0) is 17.6. The molecule has 128 valence electrons. The Balaban J connectivity index is 1.63. The van der Waals surface area contributed by atoms with Crippen LogP contribution in [0.5, 0.6) is 0 Å². The molecule has 0 N–H and O–H groups in total. The molecule has 0 atom stereocenters. The third-order valence-electron chi connectivity index (χ3n) is 4.14. The molecule has 0 spiro atoms. The summed E-state index contributed by atoms with van der Waals surface area (Å²) in [4.78, 5) is 16.9. The quantitative estimate of drug-likeness (QED) is 0.579. The van der Waals surface area contributed by atoms with Crippen LogP contribution in [0.2, 0.25) is 5.02 Å². The molecule has 3 rings (SSSR count). The summed E-state index contributed by atoms with van der Waals surface area (Å²) in [6.45, 7) is 1.46. The fourth-order valence-corrected chi connectivity index (χ4v) is 3.05. The molecule has 0 unspecified atom stereocenters. The number of nitro groups is 1. The molecule has 1 aliphatic heterocycles. The molecule has 6 heteroatoms. The van der Waals surface area contributed by atoms with E-state index in [9.17, 15) is 10.1 Å². The third kappa shape index (κ3) is 4.45. The van der Waals surface area contributed by atoms with E-state index >= 15 is 0 Å². The minimum absolute atomic E-state index is 0.0655. The van der Waals surface area contributed by atoms with Gasteiger partial charge in [-0.3, -0.25) is 10.1 Å². The number of hydrogen-bond acceptors (Lipinski definition) is 4. The van der Waals surface area contributed by atoms with E-state index in [4.69, 9.17) is 11.6 Å². The topological polar surface area (TPSA) is 59.3 Å². The molecule has 2 aromatic rings. The number of aromatic nitrogens is 1. The summed E-state index contributed by atoms with van der Waals surface area (Å²) in [5, 5.41) is 11.9. The summed E-state index contributed by atoms with van der Waals surface area (Å²) in [5.41, 5.74) is 2.45. The van der Waals surface area contributed by atoms with Crippen molar-refractivity contribution in [2.75, 3.05) is 18.0 Å². The molecule has 0 aliphatic carbocycles. The molecule has 1 fully saturated rings. The van der Waals surface area contributed by atoms with Crippen LogP contribution in [0.4, 0.5) is 11.5 Å². The molecule has 5 nitrogen and oxygen atoms in total. The molecule has 2 heterocycles. The van der Waals surface area contributed by atoms with Crippen molar-refractivity contribution in [2.45, 2.75) is 12.8 Å².